The van der Waals surface area contributed by atoms with E-state index in [-0.39, 0.29) is 24.5 Å². The normalized spacial score (nSPS) is 13.1. The lowest BCUT2D eigenvalue weighted by molar-refractivity contribution is 0.577. The number of nitrogens with two attached hydrogens (primary N) is 1. The van der Waals surface area contributed by atoms with E-state index < -0.39 is 20.0 Å². The molecule has 0 fully saturated rings. The van der Waals surface area contributed by atoms with Crippen molar-refractivity contribution >= 4 is 20.0 Å². The number of sulfonamides is 2. The minimum absolute atomic E-state index is 0.0115. The Balaban J connectivity index is 3.71. The molecule has 0 unspecified atom stereocenters. The van der Waals surface area contributed by atoms with Crippen LogP contribution in [0.4, 0.5) is 0 Å². The lowest BCUT2D eigenvalue weighted by atomic mass is 10.5. The van der Waals surface area contributed by atoms with E-state index >= 15 is 0 Å². The van der Waals surface area contributed by atoms with Crippen LogP contribution in [0.2, 0.25) is 0 Å². The van der Waals surface area contributed by atoms with Gasteiger partial charge in [0.05, 0.1) is 11.5 Å². The van der Waals surface area contributed by atoms with Gasteiger partial charge in [-0.15, -0.1) is 0 Å². The van der Waals surface area contributed by atoms with Gasteiger partial charge < -0.3 is 0 Å². The number of rotatable bonds is 6. The van der Waals surface area contributed by atoms with Gasteiger partial charge in [-0.1, -0.05) is 0 Å². The summed E-state index contributed by atoms with van der Waals surface area (Å²) in [4.78, 5) is 0. The zero-order valence-electron chi connectivity index (χ0n) is 7.36. The van der Waals surface area contributed by atoms with Crippen LogP contribution in [0, 0.1) is 0 Å². The standard InChI is InChI=1S/C5H14N2O4S2/c1-2-13(10,11)7-4-3-5-12(6,8)9/h7H,2-5H2,1H3,(H2,6,8,9). The highest BCUT2D eigenvalue weighted by Crippen LogP contribution is 1.87. The molecule has 8 heteroatoms. The SMILES string of the molecule is CCS(=O)(=O)NCCCS(N)(=O)=O. The van der Waals surface area contributed by atoms with Crippen molar-refractivity contribution in [2.24, 2.45) is 5.14 Å². The summed E-state index contributed by atoms with van der Waals surface area (Å²) < 4.78 is 44.7. The number of hydrogen-bond acceptors (Lipinski definition) is 4. The summed E-state index contributed by atoms with van der Waals surface area (Å²) in [7, 11) is -6.71. The van der Waals surface area contributed by atoms with Gasteiger partial charge in [0.25, 0.3) is 0 Å². The quantitative estimate of drug-likeness (QED) is 0.547. The van der Waals surface area contributed by atoms with Crippen LogP contribution in [0.1, 0.15) is 13.3 Å². The maximum atomic E-state index is 10.8. The first-order chi connectivity index (χ1) is 5.77. The highest BCUT2D eigenvalue weighted by atomic mass is 32.2. The summed E-state index contributed by atoms with van der Waals surface area (Å²) in [5, 5.41) is 4.71. The van der Waals surface area contributed by atoms with E-state index in [9.17, 15) is 16.8 Å². The molecule has 13 heavy (non-hydrogen) atoms. The maximum Gasteiger partial charge on any atom is 0.211 e. The largest absolute Gasteiger partial charge is 0.229 e. The predicted molar refractivity (Wildman–Crippen MR) is 50.1 cm³/mol. The Kier molecular flexibility index (Phi) is 4.82. The van der Waals surface area contributed by atoms with E-state index in [4.69, 9.17) is 5.14 Å². The zero-order valence-corrected chi connectivity index (χ0v) is 8.99. The Labute approximate surface area is 78.6 Å². The summed E-state index contributed by atoms with van der Waals surface area (Å²) >= 11 is 0. The molecule has 0 aliphatic heterocycles. The molecule has 80 valence electrons. The second-order valence-corrected chi connectivity index (χ2v) is 6.35. The first-order valence-corrected chi connectivity index (χ1v) is 7.11. The summed E-state index contributed by atoms with van der Waals surface area (Å²) in [6, 6.07) is 0. The molecule has 0 saturated carbocycles. The fourth-order valence-electron chi connectivity index (χ4n) is 0.603. The zero-order chi connectivity index (χ0) is 10.5. The Morgan fingerprint density at radius 3 is 2.15 bits per heavy atom. The molecule has 0 radical (unpaired) electrons. The van der Waals surface area contributed by atoms with Crippen LogP contribution in [0.5, 0.6) is 0 Å². The van der Waals surface area contributed by atoms with E-state index in [1.165, 1.54) is 6.92 Å². The minimum Gasteiger partial charge on any atom is -0.229 e. The fraction of sp³-hybridized carbons (Fsp3) is 1.00. The maximum absolute atomic E-state index is 10.8. The van der Waals surface area contributed by atoms with Crippen molar-refractivity contribution in [1.29, 1.82) is 0 Å². The third-order valence-electron chi connectivity index (χ3n) is 1.31. The lowest BCUT2D eigenvalue weighted by Gasteiger charge is -2.02. The Hall–Kier alpha value is -0.180. The third kappa shape index (κ3) is 8.16. The molecule has 6 nitrogen and oxygen atoms in total. The van der Waals surface area contributed by atoms with Crippen LogP contribution in [0.3, 0.4) is 0 Å². The minimum atomic E-state index is -3.48. The van der Waals surface area contributed by atoms with E-state index in [1.54, 1.807) is 0 Å². The Morgan fingerprint density at radius 1 is 1.23 bits per heavy atom. The van der Waals surface area contributed by atoms with E-state index in [0.717, 1.165) is 0 Å². The topological polar surface area (TPSA) is 106 Å². The summed E-state index contributed by atoms with van der Waals surface area (Å²) in [5.41, 5.74) is 0. The third-order valence-corrected chi connectivity index (χ3v) is 3.57. The number of nitrogens with one attached hydrogen (secondary N) is 1. The van der Waals surface area contributed by atoms with Crippen LogP contribution in [0.15, 0.2) is 0 Å². The van der Waals surface area contributed by atoms with Crippen LogP contribution < -0.4 is 9.86 Å². The fourth-order valence-corrected chi connectivity index (χ4v) is 1.81. The molecular formula is C5H14N2O4S2. The van der Waals surface area contributed by atoms with Crippen LogP contribution >= 0.6 is 0 Å². The smallest absolute Gasteiger partial charge is 0.211 e. The van der Waals surface area contributed by atoms with Crippen molar-refractivity contribution in [2.45, 2.75) is 13.3 Å². The van der Waals surface area contributed by atoms with Gasteiger partial charge in [-0.05, 0) is 13.3 Å². The molecule has 0 saturated heterocycles. The molecule has 0 aliphatic rings. The van der Waals surface area contributed by atoms with Crippen molar-refractivity contribution < 1.29 is 16.8 Å². The predicted octanol–water partition coefficient (Wildman–Crippen LogP) is -1.40. The highest BCUT2D eigenvalue weighted by molar-refractivity contribution is 7.89. The molecule has 0 aromatic carbocycles. The monoisotopic (exact) mass is 230 g/mol. The van der Waals surface area contributed by atoms with Crippen LogP contribution in [0.25, 0.3) is 0 Å². The van der Waals surface area contributed by atoms with Crippen molar-refractivity contribution in [1.82, 2.24) is 4.72 Å². The van der Waals surface area contributed by atoms with Gasteiger partial charge in [-0.3, -0.25) is 0 Å². The van der Waals surface area contributed by atoms with E-state index in [1.807, 2.05) is 0 Å². The van der Waals surface area contributed by atoms with Gasteiger partial charge in [0.1, 0.15) is 0 Å². The first-order valence-electron chi connectivity index (χ1n) is 3.74. The van der Waals surface area contributed by atoms with E-state index in [0.29, 0.717) is 0 Å². The van der Waals surface area contributed by atoms with Crippen molar-refractivity contribution in [3.63, 3.8) is 0 Å². The van der Waals surface area contributed by atoms with Gasteiger partial charge in [0.15, 0.2) is 0 Å². The average Bonchev–Trinajstić information content (AvgIpc) is 1.97. The first kappa shape index (κ1) is 12.8. The molecule has 0 atom stereocenters. The van der Waals surface area contributed by atoms with Crippen LogP contribution in [-0.4, -0.2) is 34.9 Å². The molecule has 0 aliphatic carbocycles. The second kappa shape index (κ2) is 4.89. The van der Waals surface area contributed by atoms with E-state index in [2.05, 4.69) is 4.72 Å². The Morgan fingerprint density at radius 2 is 1.77 bits per heavy atom. The molecular weight excluding hydrogens is 216 g/mol. The molecule has 0 bridgehead atoms. The molecule has 0 amide bonds. The number of hydrogen-bond donors (Lipinski definition) is 2. The Bertz CT molecular complexity index is 332. The lowest BCUT2D eigenvalue weighted by Crippen LogP contribution is -2.28. The van der Waals surface area contributed by atoms with Gasteiger partial charge >= 0.3 is 0 Å². The molecule has 0 aromatic rings. The van der Waals surface area contributed by atoms with Crippen molar-refractivity contribution in [3.05, 3.63) is 0 Å². The second-order valence-electron chi connectivity index (χ2n) is 2.52. The van der Waals surface area contributed by atoms with Gasteiger partial charge in [-0.25, -0.2) is 26.7 Å². The molecule has 0 spiro atoms. The van der Waals surface area contributed by atoms with Crippen molar-refractivity contribution in [3.8, 4) is 0 Å². The van der Waals surface area contributed by atoms with Gasteiger partial charge in [0, 0.05) is 6.54 Å². The van der Waals surface area contributed by atoms with Crippen molar-refractivity contribution in [2.75, 3.05) is 18.1 Å². The molecule has 0 heterocycles. The number of primary sulfonamides is 1. The molecule has 0 aromatic heterocycles. The molecule has 3 N–H and O–H groups in total. The summed E-state index contributed by atoms with van der Waals surface area (Å²) in [5.74, 6) is -0.221. The average molecular weight is 230 g/mol. The highest BCUT2D eigenvalue weighted by Gasteiger charge is 2.06. The van der Waals surface area contributed by atoms with Crippen LogP contribution in [-0.2, 0) is 20.0 Å². The van der Waals surface area contributed by atoms with Gasteiger partial charge in [-0.2, -0.15) is 0 Å². The molecule has 0 rings (SSSR count). The summed E-state index contributed by atoms with van der Waals surface area (Å²) in [6.07, 6.45) is 0.193. The summed E-state index contributed by atoms with van der Waals surface area (Å²) in [6.45, 7) is 1.61. The van der Waals surface area contributed by atoms with Gasteiger partial charge in [0.2, 0.25) is 20.0 Å².